The Morgan fingerprint density at radius 2 is 1.70 bits per heavy atom. The van der Waals surface area contributed by atoms with Crippen molar-refractivity contribution in [2.75, 3.05) is 6.61 Å². The molecule has 0 aromatic carbocycles. The van der Waals surface area contributed by atoms with Gasteiger partial charge in [0.25, 0.3) is 0 Å². The smallest absolute Gasteiger partial charge is 0.226 e. The van der Waals surface area contributed by atoms with E-state index in [0.29, 0.717) is 6.42 Å². The quantitative estimate of drug-likeness (QED) is 0.813. The molecule has 4 saturated carbocycles. The van der Waals surface area contributed by atoms with Gasteiger partial charge in [-0.15, -0.1) is 0 Å². The van der Waals surface area contributed by atoms with E-state index in [0.717, 1.165) is 43.4 Å². The normalized spacial score (nSPS) is 41.5. The zero-order chi connectivity index (χ0) is 14.4. The SMILES string of the molecule is CCC(C)(CCO)NC(=O)C12CC3CC(CC(C3)C1)C2. The van der Waals surface area contributed by atoms with Crippen LogP contribution in [0.4, 0.5) is 0 Å². The van der Waals surface area contributed by atoms with Gasteiger partial charge in [-0.3, -0.25) is 4.79 Å². The van der Waals surface area contributed by atoms with E-state index >= 15 is 0 Å². The third-order valence-electron chi connectivity index (χ3n) is 6.38. The van der Waals surface area contributed by atoms with Gasteiger partial charge in [-0.1, -0.05) is 6.92 Å². The number of rotatable bonds is 5. The Bertz CT molecular complexity index is 357. The van der Waals surface area contributed by atoms with Gasteiger partial charge in [-0.05, 0) is 76.0 Å². The first-order chi connectivity index (χ1) is 9.48. The van der Waals surface area contributed by atoms with Crippen LogP contribution in [0.3, 0.4) is 0 Å². The molecule has 4 rings (SSSR count). The van der Waals surface area contributed by atoms with Crippen molar-refractivity contribution in [1.29, 1.82) is 0 Å². The van der Waals surface area contributed by atoms with Gasteiger partial charge >= 0.3 is 0 Å². The minimum atomic E-state index is -0.241. The summed E-state index contributed by atoms with van der Waals surface area (Å²) in [6.45, 7) is 4.31. The highest BCUT2D eigenvalue weighted by molar-refractivity contribution is 5.83. The first-order valence-corrected chi connectivity index (χ1v) is 8.42. The number of carbonyl (C=O) groups excluding carboxylic acids is 1. The second-order valence-corrected chi connectivity index (χ2v) is 8.04. The van der Waals surface area contributed by atoms with Crippen LogP contribution in [-0.2, 0) is 4.79 Å². The highest BCUT2D eigenvalue weighted by atomic mass is 16.3. The van der Waals surface area contributed by atoms with E-state index in [1.54, 1.807) is 0 Å². The molecule has 0 saturated heterocycles. The van der Waals surface area contributed by atoms with Crippen LogP contribution in [0.2, 0.25) is 0 Å². The van der Waals surface area contributed by atoms with Crippen molar-refractivity contribution >= 4 is 5.91 Å². The number of amides is 1. The van der Waals surface area contributed by atoms with Crippen molar-refractivity contribution in [1.82, 2.24) is 5.32 Å². The molecule has 3 nitrogen and oxygen atoms in total. The Morgan fingerprint density at radius 1 is 1.20 bits per heavy atom. The van der Waals surface area contributed by atoms with Crippen LogP contribution < -0.4 is 5.32 Å². The topological polar surface area (TPSA) is 49.3 Å². The van der Waals surface area contributed by atoms with Crippen LogP contribution in [0.25, 0.3) is 0 Å². The zero-order valence-corrected chi connectivity index (χ0v) is 13.0. The van der Waals surface area contributed by atoms with Crippen molar-refractivity contribution in [3.63, 3.8) is 0 Å². The molecule has 2 N–H and O–H groups in total. The lowest BCUT2D eigenvalue weighted by Gasteiger charge is -2.56. The second kappa shape index (κ2) is 5.01. The average Bonchev–Trinajstić information content (AvgIpc) is 2.37. The van der Waals surface area contributed by atoms with Crippen molar-refractivity contribution in [2.45, 2.75) is 70.8 Å². The monoisotopic (exact) mass is 279 g/mol. The Balaban J connectivity index is 1.73. The molecular weight excluding hydrogens is 250 g/mol. The fourth-order valence-corrected chi connectivity index (χ4v) is 5.37. The lowest BCUT2D eigenvalue weighted by molar-refractivity contribution is -0.148. The van der Waals surface area contributed by atoms with Gasteiger partial charge in [0, 0.05) is 17.6 Å². The van der Waals surface area contributed by atoms with Crippen molar-refractivity contribution < 1.29 is 9.90 Å². The van der Waals surface area contributed by atoms with E-state index in [4.69, 9.17) is 0 Å². The molecule has 20 heavy (non-hydrogen) atoms. The Morgan fingerprint density at radius 3 is 2.10 bits per heavy atom. The van der Waals surface area contributed by atoms with Crippen LogP contribution in [0.5, 0.6) is 0 Å². The maximum atomic E-state index is 13.0. The van der Waals surface area contributed by atoms with Crippen LogP contribution in [0.1, 0.15) is 65.2 Å². The molecular formula is C17H29NO2. The summed E-state index contributed by atoms with van der Waals surface area (Å²) in [7, 11) is 0. The third kappa shape index (κ3) is 2.38. The van der Waals surface area contributed by atoms with Gasteiger partial charge in [0.15, 0.2) is 0 Å². The van der Waals surface area contributed by atoms with Crippen LogP contribution in [-0.4, -0.2) is 23.2 Å². The summed E-state index contributed by atoms with van der Waals surface area (Å²) in [4.78, 5) is 13.0. The summed E-state index contributed by atoms with van der Waals surface area (Å²) in [5.41, 5.74) is -0.310. The molecule has 0 radical (unpaired) electrons. The largest absolute Gasteiger partial charge is 0.396 e. The van der Waals surface area contributed by atoms with Gasteiger partial charge < -0.3 is 10.4 Å². The number of aliphatic hydroxyl groups excluding tert-OH is 1. The standard InChI is InChI=1S/C17H29NO2/c1-3-16(2,4-5-19)18-15(20)17-9-12-6-13(10-17)8-14(7-12)11-17/h12-14,19H,3-11H2,1-2H3,(H,18,20). The maximum Gasteiger partial charge on any atom is 0.226 e. The van der Waals surface area contributed by atoms with Gasteiger partial charge in [-0.2, -0.15) is 0 Å². The molecule has 1 unspecified atom stereocenters. The van der Waals surface area contributed by atoms with Gasteiger partial charge in [0.2, 0.25) is 5.91 Å². The Kier molecular flexibility index (Phi) is 3.60. The third-order valence-corrected chi connectivity index (χ3v) is 6.38. The number of aliphatic hydroxyl groups is 1. The molecule has 4 aliphatic rings. The molecule has 0 aromatic heterocycles. The summed E-state index contributed by atoms with van der Waals surface area (Å²) >= 11 is 0. The van der Waals surface area contributed by atoms with Crippen molar-refractivity contribution in [3.05, 3.63) is 0 Å². The van der Waals surface area contributed by atoms with E-state index in [1.165, 1.54) is 19.3 Å². The summed E-state index contributed by atoms with van der Waals surface area (Å²) in [5, 5.41) is 12.5. The van der Waals surface area contributed by atoms with Crippen molar-refractivity contribution in [2.24, 2.45) is 23.2 Å². The van der Waals surface area contributed by atoms with E-state index in [9.17, 15) is 9.90 Å². The molecule has 4 aliphatic carbocycles. The van der Waals surface area contributed by atoms with E-state index in [2.05, 4.69) is 19.2 Å². The van der Waals surface area contributed by atoms with Crippen LogP contribution in [0.15, 0.2) is 0 Å². The lowest BCUT2D eigenvalue weighted by Crippen LogP contribution is -2.58. The number of hydrogen-bond donors (Lipinski definition) is 2. The minimum Gasteiger partial charge on any atom is -0.396 e. The minimum absolute atomic E-state index is 0.0688. The van der Waals surface area contributed by atoms with Crippen LogP contribution in [0, 0.1) is 23.2 Å². The van der Waals surface area contributed by atoms with Crippen LogP contribution >= 0.6 is 0 Å². The molecule has 3 heteroatoms. The number of nitrogens with one attached hydrogen (secondary N) is 1. The molecule has 0 aromatic rings. The summed E-state index contributed by atoms with van der Waals surface area (Å²) in [6.07, 6.45) is 8.99. The van der Waals surface area contributed by atoms with E-state index in [1.807, 2.05) is 0 Å². The van der Waals surface area contributed by atoms with Gasteiger partial charge in [0.05, 0.1) is 0 Å². The fraction of sp³-hybridized carbons (Fsp3) is 0.941. The highest BCUT2D eigenvalue weighted by Crippen LogP contribution is 2.60. The predicted octanol–water partition coefficient (Wildman–Crippen LogP) is 2.87. The molecule has 1 atom stereocenters. The molecule has 0 spiro atoms. The molecule has 114 valence electrons. The second-order valence-electron chi connectivity index (χ2n) is 8.04. The van der Waals surface area contributed by atoms with Gasteiger partial charge in [-0.25, -0.2) is 0 Å². The van der Waals surface area contributed by atoms with E-state index < -0.39 is 0 Å². The summed E-state index contributed by atoms with van der Waals surface area (Å²) < 4.78 is 0. The van der Waals surface area contributed by atoms with E-state index in [-0.39, 0.29) is 23.5 Å². The fourth-order valence-electron chi connectivity index (χ4n) is 5.37. The Hall–Kier alpha value is -0.570. The molecule has 4 fully saturated rings. The number of carbonyl (C=O) groups is 1. The first-order valence-electron chi connectivity index (χ1n) is 8.42. The maximum absolute atomic E-state index is 13.0. The average molecular weight is 279 g/mol. The zero-order valence-electron chi connectivity index (χ0n) is 13.0. The van der Waals surface area contributed by atoms with Gasteiger partial charge in [0.1, 0.15) is 0 Å². The first kappa shape index (κ1) is 14.4. The Labute approximate surface area is 122 Å². The molecule has 4 bridgehead atoms. The summed E-state index contributed by atoms with van der Waals surface area (Å²) in [6, 6.07) is 0. The number of hydrogen-bond acceptors (Lipinski definition) is 2. The molecule has 1 amide bonds. The van der Waals surface area contributed by atoms with Crippen molar-refractivity contribution in [3.8, 4) is 0 Å². The molecule has 0 heterocycles. The predicted molar refractivity (Wildman–Crippen MR) is 79.1 cm³/mol. The molecule has 0 aliphatic heterocycles. The summed E-state index contributed by atoms with van der Waals surface area (Å²) in [5.74, 6) is 2.70. The lowest BCUT2D eigenvalue weighted by atomic mass is 9.49. The highest BCUT2D eigenvalue weighted by Gasteiger charge is 2.55.